The summed E-state index contributed by atoms with van der Waals surface area (Å²) < 4.78 is 3.39. The topological polar surface area (TPSA) is 38.1 Å². The van der Waals surface area contributed by atoms with E-state index in [4.69, 9.17) is 4.98 Å². The van der Waals surface area contributed by atoms with Crippen molar-refractivity contribution in [1.82, 2.24) is 9.55 Å². The number of carbonyl (C=O) groups is 1. The molecule has 4 nitrogen and oxygen atoms in total. The van der Waals surface area contributed by atoms with Crippen LogP contribution in [-0.2, 0) is 11.3 Å². The van der Waals surface area contributed by atoms with Crippen LogP contribution in [0.15, 0.2) is 53.0 Å². The number of unbranched alkanes of at least 4 members (excludes halogenated alkanes) is 9. The van der Waals surface area contributed by atoms with Gasteiger partial charge in [0.2, 0.25) is 5.91 Å². The molecule has 182 valence electrons. The lowest BCUT2D eigenvalue weighted by molar-refractivity contribution is -0.117. The van der Waals surface area contributed by atoms with Crippen molar-refractivity contribution in [1.29, 1.82) is 0 Å². The minimum atomic E-state index is 0.127. The highest BCUT2D eigenvalue weighted by Gasteiger charge is 2.34. The van der Waals surface area contributed by atoms with Crippen molar-refractivity contribution in [3.8, 4) is 0 Å². The van der Waals surface area contributed by atoms with Crippen LogP contribution in [0, 0.1) is 0 Å². The summed E-state index contributed by atoms with van der Waals surface area (Å²) in [5, 5.41) is 0. The molecule has 5 heteroatoms. The van der Waals surface area contributed by atoms with Crippen molar-refractivity contribution >= 4 is 38.6 Å². The van der Waals surface area contributed by atoms with E-state index in [2.05, 4.69) is 51.7 Å². The van der Waals surface area contributed by atoms with Crippen molar-refractivity contribution in [3.05, 3.63) is 58.8 Å². The monoisotopic (exact) mass is 523 g/mol. The third-order valence-electron chi connectivity index (χ3n) is 7.03. The van der Waals surface area contributed by atoms with Crippen LogP contribution in [0.1, 0.15) is 89.3 Å². The van der Waals surface area contributed by atoms with Crippen LogP contribution in [0.5, 0.6) is 0 Å². The van der Waals surface area contributed by atoms with Gasteiger partial charge >= 0.3 is 0 Å². The third-order valence-corrected chi connectivity index (χ3v) is 7.52. The minimum absolute atomic E-state index is 0.127. The van der Waals surface area contributed by atoms with Crippen LogP contribution in [0.3, 0.4) is 0 Å². The van der Waals surface area contributed by atoms with Gasteiger partial charge in [0.25, 0.3) is 0 Å². The van der Waals surface area contributed by atoms with Gasteiger partial charge in [0.05, 0.1) is 11.0 Å². The summed E-state index contributed by atoms with van der Waals surface area (Å²) >= 11 is 3.53. The van der Waals surface area contributed by atoms with Gasteiger partial charge in [-0.3, -0.25) is 4.79 Å². The van der Waals surface area contributed by atoms with Crippen LogP contribution >= 0.6 is 15.9 Å². The Hall–Kier alpha value is -2.14. The fraction of sp³-hybridized carbons (Fsp3) is 0.517. The number of imidazole rings is 1. The molecule has 2 heterocycles. The number of amides is 1. The van der Waals surface area contributed by atoms with Crippen LogP contribution in [-0.4, -0.2) is 22.0 Å². The van der Waals surface area contributed by atoms with Gasteiger partial charge in [0, 0.05) is 35.6 Å². The van der Waals surface area contributed by atoms with E-state index in [1.807, 2.05) is 29.2 Å². The predicted molar refractivity (Wildman–Crippen MR) is 145 cm³/mol. The number of hydrogen-bond acceptors (Lipinski definition) is 2. The molecular weight excluding hydrogens is 486 g/mol. The summed E-state index contributed by atoms with van der Waals surface area (Å²) in [5.41, 5.74) is 3.19. The number of hydrogen-bond donors (Lipinski definition) is 0. The highest BCUT2D eigenvalue weighted by molar-refractivity contribution is 9.10. The molecule has 0 bridgehead atoms. The Balaban J connectivity index is 1.37. The average molecular weight is 525 g/mol. The van der Waals surface area contributed by atoms with Gasteiger partial charge in [-0.2, -0.15) is 0 Å². The zero-order valence-electron chi connectivity index (χ0n) is 20.5. The summed E-state index contributed by atoms with van der Waals surface area (Å²) in [6, 6.07) is 16.4. The smallest absolute Gasteiger partial charge is 0.227 e. The average Bonchev–Trinajstić information content (AvgIpc) is 3.41. The van der Waals surface area contributed by atoms with E-state index in [1.165, 1.54) is 69.7 Å². The number of aryl methyl sites for hydroxylation is 1. The van der Waals surface area contributed by atoms with Crippen LogP contribution < -0.4 is 4.90 Å². The molecule has 1 amide bonds. The number of fused-ring (bicyclic) bond motifs is 1. The first kappa shape index (κ1) is 25.0. The van der Waals surface area contributed by atoms with Crippen molar-refractivity contribution < 1.29 is 4.79 Å². The summed E-state index contributed by atoms with van der Waals surface area (Å²) in [6.07, 6.45) is 13.9. The van der Waals surface area contributed by atoms with E-state index in [0.29, 0.717) is 13.0 Å². The second-order valence-corrected chi connectivity index (χ2v) is 10.6. The lowest BCUT2D eigenvalue weighted by atomic mass is 10.1. The molecule has 1 fully saturated rings. The van der Waals surface area contributed by atoms with E-state index in [9.17, 15) is 4.79 Å². The number of anilines is 1. The molecule has 3 aromatic rings. The Kier molecular flexibility index (Phi) is 9.20. The number of carbonyl (C=O) groups excluding carboxylic acids is 1. The summed E-state index contributed by atoms with van der Waals surface area (Å²) in [4.78, 5) is 19.8. The Morgan fingerprint density at radius 3 is 2.35 bits per heavy atom. The van der Waals surface area contributed by atoms with Crippen LogP contribution in [0.2, 0.25) is 0 Å². The molecule has 0 radical (unpaired) electrons. The molecule has 0 N–H and O–H groups in total. The number of nitrogens with zero attached hydrogens (tertiary/aromatic N) is 3. The first-order valence-electron chi connectivity index (χ1n) is 13.2. The van der Waals surface area contributed by atoms with Crippen molar-refractivity contribution in [2.45, 2.75) is 90.0 Å². The second kappa shape index (κ2) is 12.5. The van der Waals surface area contributed by atoms with E-state index in [-0.39, 0.29) is 11.8 Å². The van der Waals surface area contributed by atoms with Gasteiger partial charge in [0.1, 0.15) is 5.82 Å². The largest absolute Gasteiger partial charge is 0.328 e. The van der Waals surface area contributed by atoms with Gasteiger partial charge in [-0.15, -0.1) is 0 Å². The van der Waals surface area contributed by atoms with Gasteiger partial charge in [-0.05, 0) is 36.8 Å². The summed E-state index contributed by atoms with van der Waals surface area (Å²) in [5.74, 6) is 1.38. The minimum Gasteiger partial charge on any atom is -0.328 e. The molecular formula is C29H38BrN3O. The van der Waals surface area contributed by atoms with E-state index in [1.54, 1.807) is 0 Å². The first-order chi connectivity index (χ1) is 16.7. The maximum absolute atomic E-state index is 12.9. The quantitative estimate of drug-likeness (QED) is 0.211. The molecule has 1 aliphatic heterocycles. The van der Waals surface area contributed by atoms with Gasteiger partial charge in [-0.25, -0.2) is 4.98 Å². The molecule has 1 saturated heterocycles. The first-order valence-corrected chi connectivity index (χ1v) is 14.0. The maximum Gasteiger partial charge on any atom is 0.227 e. The van der Waals surface area contributed by atoms with E-state index >= 15 is 0 Å². The van der Waals surface area contributed by atoms with E-state index < -0.39 is 0 Å². The molecule has 34 heavy (non-hydrogen) atoms. The zero-order chi connectivity index (χ0) is 23.8. The highest BCUT2D eigenvalue weighted by Crippen LogP contribution is 2.34. The fourth-order valence-electron chi connectivity index (χ4n) is 5.17. The molecule has 4 rings (SSSR count). The highest BCUT2D eigenvalue weighted by atomic mass is 79.9. The van der Waals surface area contributed by atoms with Crippen LogP contribution in [0.4, 0.5) is 5.69 Å². The third kappa shape index (κ3) is 6.29. The molecule has 2 aromatic carbocycles. The van der Waals surface area contributed by atoms with Crippen molar-refractivity contribution in [3.63, 3.8) is 0 Å². The molecule has 1 atom stereocenters. The van der Waals surface area contributed by atoms with Gasteiger partial charge in [0.15, 0.2) is 0 Å². The maximum atomic E-state index is 12.9. The van der Waals surface area contributed by atoms with Crippen LogP contribution in [0.25, 0.3) is 11.0 Å². The lowest BCUT2D eigenvalue weighted by Gasteiger charge is -2.18. The SMILES string of the molecule is CCCCCCCCCCCCn1c(C2CC(=O)N(c3cccc(Br)c3)C2)nc2ccccc21. The van der Waals surface area contributed by atoms with E-state index in [0.717, 1.165) is 28.0 Å². The molecule has 1 aromatic heterocycles. The molecule has 1 unspecified atom stereocenters. The van der Waals surface area contributed by atoms with Gasteiger partial charge < -0.3 is 9.47 Å². The molecule has 1 aliphatic rings. The Bertz CT molecular complexity index is 1080. The molecule has 0 saturated carbocycles. The predicted octanol–water partition coefficient (Wildman–Crippen LogP) is 8.24. The standard InChI is InChI=1S/C29H38BrN3O/c1-2-3-4-5-6-7-8-9-10-13-19-32-27-18-12-11-17-26(27)31-29(32)23-20-28(34)33(22-23)25-16-14-15-24(30)21-25/h11-12,14-18,21,23H,2-10,13,19-20,22H2,1H3. The number of para-hydroxylation sites is 2. The Labute approximate surface area is 212 Å². The zero-order valence-corrected chi connectivity index (χ0v) is 22.1. The Morgan fingerprint density at radius 1 is 0.912 bits per heavy atom. The number of aromatic nitrogens is 2. The summed E-state index contributed by atoms with van der Waals surface area (Å²) in [7, 11) is 0. The number of rotatable bonds is 13. The number of benzene rings is 2. The van der Waals surface area contributed by atoms with Gasteiger partial charge in [-0.1, -0.05) is 98.8 Å². The van der Waals surface area contributed by atoms with Crippen molar-refractivity contribution in [2.75, 3.05) is 11.4 Å². The molecule has 0 spiro atoms. The Morgan fingerprint density at radius 2 is 1.62 bits per heavy atom. The van der Waals surface area contributed by atoms with Crippen molar-refractivity contribution in [2.24, 2.45) is 0 Å². The molecule has 0 aliphatic carbocycles. The number of halogens is 1. The summed E-state index contributed by atoms with van der Waals surface area (Å²) in [6.45, 7) is 3.95. The lowest BCUT2D eigenvalue weighted by Crippen LogP contribution is -2.24. The second-order valence-electron chi connectivity index (χ2n) is 9.68. The normalized spacial score (nSPS) is 16.1. The fourth-order valence-corrected chi connectivity index (χ4v) is 5.56.